The molecule has 0 atom stereocenters. The molecule has 6 heteroatoms. The van der Waals surface area contributed by atoms with Crippen molar-refractivity contribution in [2.45, 2.75) is 6.92 Å². The highest BCUT2D eigenvalue weighted by atomic mass is 16.6. The van der Waals surface area contributed by atoms with E-state index in [1.807, 2.05) is 13.1 Å². The molecule has 1 rings (SSSR count). The van der Waals surface area contributed by atoms with Crippen molar-refractivity contribution in [2.75, 3.05) is 45.7 Å². The summed E-state index contributed by atoms with van der Waals surface area (Å²) in [5.41, 5.74) is 1.40. The first-order chi connectivity index (χ1) is 9.06. The van der Waals surface area contributed by atoms with Gasteiger partial charge in [-0.25, -0.2) is 0 Å². The van der Waals surface area contributed by atoms with Crippen molar-refractivity contribution in [3.05, 3.63) is 33.9 Å². The van der Waals surface area contributed by atoms with Crippen LogP contribution in [0.15, 0.2) is 18.2 Å². The number of nitrogens with one attached hydrogen (secondary N) is 1. The Morgan fingerprint density at radius 3 is 2.79 bits per heavy atom. The van der Waals surface area contributed by atoms with Gasteiger partial charge in [0.25, 0.3) is 5.69 Å². The van der Waals surface area contributed by atoms with Gasteiger partial charge in [-0.3, -0.25) is 10.1 Å². The molecule has 1 aromatic rings. The Hall–Kier alpha value is -1.66. The number of rotatable bonds is 8. The molecule has 0 aliphatic rings. The molecule has 0 saturated carbocycles. The van der Waals surface area contributed by atoms with E-state index < -0.39 is 0 Å². The maximum absolute atomic E-state index is 11.0. The molecular weight excluding hydrogens is 246 g/mol. The van der Waals surface area contributed by atoms with Gasteiger partial charge in [-0.15, -0.1) is 0 Å². The van der Waals surface area contributed by atoms with Crippen LogP contribution in [0.5, 0.6) is 0 Å². The molecule has 0 aliphatic heterocycles. The largest absolute Gasteiger partial charge is 0.383 e. The highest BCUT2D eigenvalue weighted by Crippen LogP contribution is 2.27. The number of nitrogens with zero attached hydrogens (tertiary/aromatic N) is 2. The first kappa shape index (κ1) is 15.4. The van der Waals surface area contributed by atoms with E-state index in [2.05, 4.69) is 10.2 Å². The lowest BCUT2D eigenvalue weighted by Gasteiger charge is -2.16. The van der Waals surface area contributed by atoms with Gasteiger partial charge >= 0.3 is 0 Å². The van der Waals surface area contributed by atoms with Gasteiger partial charge in [0.2, 0.25) is 0 Å². The summed E-state index contributed by atoms with van der Waals surface area (Å²) < 4.78 is 4.99. The Bertz CT molecular complexity index is 424. The van der Waals surface area contributed by atoms with Crippen molar-refractivity contribution in [2.24, 2.45) is 0 Å². The molecule has 106 valence electrons. The lowest BCUT2D eigenvalue weighted by atomic mass is 10.1. The molecule has 0 unspecified atom stereocenters. The fraction of sp³-hybridized carbons (Fsp3) is 0.538. The molecule has 0 radical (unpaired) electrons. The topological polar surface area (TPSA) is 67.6 Å². The number of methoxy groups -OCH3 is 1. The molecule has 19 heavy (non-hydrogen) atoms. The number of hydrogen-bond donors (Lipinski definition) is 1. The summed E-state index contributed by atoms with van der Waals surface area (Å²) in [6.07, 6.45) is 0. The Balaban J connectivity index is 2.54. The third kappa shape index (κ3) is 4.84. The minimum Gasteiger partial charge on any atom is -0.383 e. The SMILES string of the molecule is COCCN(C)CCNc1cccc(C)c1[N+](=O)[O-]. The molecule has 0 heterocycles. The quantitative estimate of drug-likeness (QED) is 0.575. The molecule has 0 fully saturated rings. The van der Waals surface area contributed by atoms with Gasteiger partial charge in [0.15, 0.2) is 0 Å². The number of benzene rings is 1. The van der Waals surface area contributed by atoms with Crippen LogP contribution in [0.1, 0.15) is 5.56 Å². The lowest BCUT2D eigenvalue weighted by Crippen LogP contribution is -2.28. The zero-order valence-corrected chi connectivity index (χ0v) is 11.7. The van der Waals surface area contributed by atoms with Gasteiger partial charge in [-0.2, -0.15) is 0 Å². The van der Waals surface area contributed by atoms with Gasteiger partial charge in [0.1, 0.15) is 5.69 Å². The molecule has 0 amide bonds. The number of aryl methyl sites for hydroxylation is 1. The number of anilines is 1. The Morgan fingerprint density at radius 1 is 1.42 bits per heavy atom. The number of para-hydroxylation sites is 1. The molecule has 0 saturated heterocycles. The summed E-state index contributed by atoms with van der Waals surface area (Å²) >= 11 is 0. The Kier molecular flexibility index (Phi) is 6.24. The fourth-order valence-corrected chi connectivity index (χ4v) is 1.78. The van der Waals surface area contributed by atoms with Gasteiger partial charge in [0.05, 0.1) is 11.5 Å². The third-order valence-electron chi connectivity index (χ3n) is 2.91. The second-order valence-corrected chi connectivity index (χ2v) is 4.45. The van der Waals surface area contributed by atoms with Crippen molar-refractivity contribution < 1.29 is 9.66 Å². The molecular formula is C13H21N3O3. The molecule has 0 bridgehead atoms. The molecule has 0 aromatic heterocycles. The normalized spacial score (nSPS) is 10.7. The van der Waals surface area contributed by atoms with Gasteiger partial charge in [-0.05, 0) is 20.0 Å². The van der Waals surface area contributed by atoms with Crippen LogP contribution >= 0.6 is 0 Å². The van der Waals surface area contributed by atoms with E-state index in [0.717, 1.165) is 13.1 Å². The first-order valence-electron chi connectivity index (χ1n) is 6.21. The zero-order valence-electron chi connectivity index (χ0n) is 11.7. The summed E-state index contributed by atoms with van der Waals surface area (Å²) in [7, 11) is 3.66. The third-order valence-corrected chi connectivity index (χ3v) is 2.91. The highest BCUT2D eigenvalue weighted by molar-refractivity contribution is 5.64. The average molecular weight is 267 g/mol. The summed E-state index contributed by atoms with van der Waals surface area (Å²) in [5, 5.41) is 14.1. The highest BCUT2D eigenvalue weighted by Gasteiger charge is 2.16. The first-order valence-corrected chi connectivity index (χ1v) is 6.21. The number of nitro benzene ring substituents is 1. The minimum absolute atomic E-state index is 0.155. The van der Waals surface area contributed by atoms with Crippen LogP contribution in [0.4, 0.5) is 11.4 Å². The number of nitro groups is 1. The predicted octanol–water partition coefficient (Wildman–Crippen LogP) is 1.89. The fourth-order valence-electron chi connectivity index (χ4n) is 1.78. The van der Waals surface area contributed by atoms with E-state index in [0.29, 0.717) is 24.4 Å². The maximum atomic E-state index is 11.0. The Morgan fingerprint density at radius 2 is 2.16 bits per heavy atom. The van der Waals surface area contributed by atoms with Crippen LogP contribution < -0.4 is 5.32 Å². The second kappa shape index (κ2) is 7.70. The summed E-state index contributed by atoms with van der Waals surface area (Å²) in [6, 6.07) is 5.30. The summed E-state index contributed by atoms with van der Waals surface area (Å²) in [5.74, 6) is 0. The van der Waals surface area contributed by atoms with Crippen molar-refractivity contribution in [3.63, 3.8) is 0 Å². The van der Waals surface area contributed by atoms with Crippen LogP contribution in [0.2, 0.25) is 0 Å². The number of likely N-dealkylation sites (N-methyl/N-ethyl adjacent to an activating group) is 1. The van der Waals surface area contributed by atoms with Crippen LogP contribution in [-0.2, 0) is 4.74 Å². The van der Waals surface area contributed by atoms with Crippen molar-refractivity contribution in [1.82, 2.24) is 4.90 Å². The monoisotopic (exact) mass is 267 g/mol. The smallest absolute Gasteiger partial charge is 0.295 e. The van der Waals surface area contributed by atoms with Crippen molar-refractivity contribution in [1.29, 1.82) is 0 Å². The molecule has 0 spiro atoms. The summed E-state index contributed by atoms with van der Waals surface area (Å²) in [4.78, 5) is 12.8. The predicted molar refractivity (Wildman–Crippen MR) is 75.7 cm³/mol. The van der Waals surface area contributed by atoms with E-state index >= 15 is 0 Å². The van der Waals surface area contributed by atoms with E-state index in [1.165, 1.54) is 0 Å². The van der Waals surface area contributed by atoms with Gasteiger partial charge < -0.3 is 15.0 Å². The average Bonchev–Trinajstić information content (AvgIpc) is 2.36. The standard InChI is InChI=1S/C13H21N3O3/c1-11-5-4-6-12(13(11)16(17)18)14-7-8-15(2)9-10-19-3/h4-6,14H,7-10H2,1-3H3. The maximum Gasteiger partial charge on any atom is 0.295 e. The summed E-state index contributed by atoms with van der Waals surface area (Å²) in [6.45, 7) is 4.72. The zero-order chi connectivity index (χ0) is 14.3. The molecule has 6 nitrogen and oxygen atoms in total. The van der Waals surface area contributed by atoms with Crippen LogP contribution in [0.3, 0.4) is 0 Å². The van der Waals surface area contributed by atoms with E-state index in [9.17, 15) is 10.1 Å². The van der Waals surface area contributed by atoms with E-state index in [-0.39, 0.29) is 10.6 Å². The lowest BCUT2D eigenvalue weighted by molar-refractivity contribution is -0.384. The number of hydrogen-bond acceptors (Lipinski definition) is 5. The van der Waals surface area contributed by atoms with E-state index in [4.69, 9.17) is 4.74 Å². The van der Waals surface area contributed by atoms with Crippen LogP contribution in [0.25, 0.3) is 0 Å². The van der Waals surface area contributed by atoms with Gasteiger partial charge in [-0.1, -0.05) is 12.1 Å². The molecule has 1 aromatic carbocycles. The second-order valence-electron chi connectivity index (χ2n) is 4.45. The van der Waals surface area contributed by atoms with Crippen LogP contribution in [0, 0.1) is 17.0 Å². The van der Waals surface area contributed by atoms with Crippen LogP contribution in [-0.4, -0.2) is 50.2 Å². The van der Waals surface area contributed by atoms with Gasteiger partial charge in [0, 0.05) is 32.3 Å². The molecule has 1 N–H and O–H groups in total. The number of ether oxygens (including phenoxy) is 1. The minimum atomic E-state index is -0.341. The van der Waals surface area contributed by atoms with E-state index in [1.54, 1.807) is 26.2 Å². The van der Waals surface area contributed by atoms with Crippen molar-refractivity contribution in [3.8, 4) is 0 Å². The molecule has 0 aliphatic carbocycles. The Labute approximate surface area is 113 Å². The van der Waals surface area contributed by atoms with Crippen molar-refractivity contribution >= 4 is 11.4 Å².